The van der Waals surface area contributed by atoms with Crippen molar-refractivity contribution in [1.82, 2.24) is 25.0 Å². The van der Waals surface area contributed by atoms with Crippen molar-refractivity contribution in [1.29, 1.82) is 0 Å². The highest BCUT2D eigenvalue weighted by Crippen LogP contribution is 2.32. The molecule has 0 saturated heterocycles. The van der Waals surface area contributed by atoms with Crippen LogP contribution in [0, 0.1) is 5.92 Å². The third-order valence-corrected chi connectivity index (χ3v) is 8.17. The SMILES string of the molecule is O=C(NCCS(=O)(=O)NC1CCCC(Nc2cc(-c3c[nH]c4ncccc34)cc(Cl)n2)C1)C1CC1. The number of fused-ring (bicyclic) bond motifs is 1. The maximum atomic E-state index is 12.5. The first-order valence-electron chi connectivity index (χ1n) is 12.0. The van der Waals surface area contributed by atoms with Crippen molar-refractivity contribution in [3.8, 4) is 11.1 Å². The zero-order valence-electron chi connectivity index (χ0n) is 19.3. The Kier molecular flexibility index (Phi) is 6.95. The fourth-order valence-corrected chi connectivity index (χ4v) is 6.09. The molecule has 0 spiro atoms. The second-order valence-electron chi connectivity index (χ2n) is 9.37. The summed E-state index contributed by atoms with van der Waals surface area (Å²) in [5.41, 5.74) is 2.72. The number of nitrogens with one attached hydrogen (secondary N) is 4. The Balaban J connectivity index is 1.21. The van der Waals surface area contributed by atoms with E-state index in [0.29, 0.717) is 17.4 Å². The molecule has 11 heteroatoms. The summed E-state index contributed by atoms with van der Waals surface area (Å²) in [5, 5.41) is 7.55. The van der Waals surface area contributed by atoms with E-state index in [-0.39, 0.29) is 36.2 Å². The topological polar surface area (TPSA) is 129 Å². The fraction of sp³-hybridized carbons (Fsp3) is 0.458. The number of carbonyl (C=O) groups excluding carboxylic acids is 1. The lowest BCUT2D eigenvalue weighted by molar-refractivity contribution is -0.122. The molecule has 2 fully saturated rings. The van der Waals surface area contributed by atoms with Gasteiger partial charge in [0.05, 0.1) is 5.75 Å². The van der Waals surface area contributed by atoms with Crippen LogP contribution in [0.5, 0.6) is 0 Å². The number of aromatic amines is 1. The van der Waals surface area contributed by atoms with Crippen LogP contribution in [0.4, 0.5) is 5.82 Å². The standard InChI is InChI=1S/C24H29ClN6O3S/c25-21-11-16(20-14-28-23-19(20)5-2-8-26-23)12-22(30-21)29-17-3-1-4-18(13-17)31-35(33,34)10-9-27-24(32)15-6-7-15/h2,5,8,11-12,14-15,17-18,31H,1,3-4,6-7,9-10,13H2,(H,26,28)(H,27,32)(H,29,30). The molecule has 2 aliphatic carbocycles. The molecule has 0 radical (unpaired) electrons. The molecule has 2 aliphatic rings. The van der Waals surface area contributed by atoms with E-state index in [4.69, 9.17) is 11.6 Å². The van der Waals surface area contributed by atoms with Gasteiger partial charge in [0.25, 0.3) is 0 Å². The minimum Gasteiger partial charge on any atom is -0.367 e. The first-order valence-corrected chi connectivity index (χ1v) is 14.0. The van der Waals surface area contributed by atoms with Crippen LogP contribution in [0.1, 0.15) is 38.5 Å². The van der Waals surface area contributed by atoms with Crippen LogP contribution in [0.2, 0.25) is 5.15 Å². The Labute approximate surface area is 209 Å². The van der Waals surface area contributed by atoms with Crippen LogP contribution >= 0.6 is 11.6 Å². The predicted octanol–water partition coefficient (Wildman–Crippen LogP) is 3.45. The van der Waals surface area contributed by atoms with Gasteiger partial charge in [0.15, 0.2) is 0 Å². The first kappa shape index (κ1) is 24.0. The quantitative estimate of drug-likeness (QED) is 0.322. The van der Waals surface area contributed by atoms with Gasteiger partial charge in [-0.2, -0.15) is 0 Å². The van der Waals surface area contributed by atoms with Crippen molar-refractivity contribution < 1.29 is 13.2 Å². The Morgan fingerprint density at radius 2 is 2.00 bits per heavy atom. The number of aromatic nitrogens is 3. The number of halogens is 1. The third-order valence-electron chi connectivity index (χ3n) is 6.55. The van der Waals surface area contributed by atoms with Crippen LogP contribution in [0.3, 0.4) is 0 Å². The largest absolute Gasteiger partial charge is 0.367 e. The van der Waals surface area contributed by atoms with Gasteiger partial charge in [0.1, 0.15) is 16.6 Å². The van der Waals surface area contributed by atoms with E-state index in [1.54, 1.807) is 6.20 Å². The van der Waals surface area contributed by atoms with E-state index in [1.807, 2.05) is 30.5 Å². The highest BCUT2D eigenvalue weighted by atomic mass is 35.5. The Bertz CT molecular complexity index is 1320. The third kappa shape index (κ3) is 6.12. The molecule has 2 unspecified atom stereocenters. The van der Waals surface area contributed by atoms with Gasteiger partial charge in [-0.3, -0.25) is 4.79 Å². The molecule has 3 aromatic rings. The molecule has 4 N–H and O–H groups in total. The van der Waals surface area contributed by atoms with Crippen molar-refractivity contribution in [2.45, 2.75) is 50.6 Å². The normalized spacial score (nSPS) is 20.6. The number of carbonyl (C=O) groups is 1. The first-order chi connectivity index (χ1) is 16.9. The second kappa shape index (κ2) is 10.1. The van der Waals surface area contributed by atoms with Gasteiger partial charge in [-0.1, -0.05) is 11.6 Å². The average molecular weight is 517 g/mol. The van der Waals surface area contributed by atoms with Crippen molar-refractivity contribution in [2.24, 2.45) is 5.92 Å². The number of nitrogens with zero attached hydrogens (tertiary/aromatic N) is 2. The number of sulfonamides is 1. The molecule has 1 amide bonds. The lowest BCUT2D eigenvalue weighted by Crippen LogP contribution is -2.44. The summed E-state index contributed by atoms with van der Waals surface area (Å²) in [5.74, 6) is 0.573. The van der Waals surface area contributed by atoms with Crippen LogP contribution in [0.15, 0.2) is 36.7 Å². The van der Waals surface area contributed by atoms with Crippen molar-refractivity contribution >= 4 is 44.4 Å². The molecule has 2 saturated carbocycles. The molecule has 0 bridgehead atoms. The minimum atomic E-state index is -3.48. The van der Waals surface area contributed by atoms with Gasteiger partial charge in [-0.25, -0.2) is 23.1 Å². The lowest BCUT2D eigenvalue weighted by Gasteiger charge is -2.30. The molecule has 2 atom stereocenters. The van der Waals surface area contributed by atoms with E-state index in [9.17, 15) is 13.2 Å². The summed E-state index contributed by atoms with van der Waals surface area (Å²) in [6.45, 7) is 0.137. The van der Waals surface area contributed by atoms with Crippen molar-refractivity contribution in [3.63, 3.8) is 0 Å². The molecule has 186 valence electrons. The van der Waals surface area contributed by atoms with Gasteiger partial charge in [0, 0.05) is 47.9 Å². The number of hydrogen-bond donors (Lipinski definition) is 4. The smallest absolute Gasteiger partial charge is 0.223 e. The number of H-pyrrole nitrogens is 1. The van der Waals surface area contributed by atoms with Gasteiger partial charge in [-0.15, -0.1) is 0 Å². The number of amides is 1. The van der Waals surface area contributed by atoms with Crippen LogP contribution < -0.4 is 15.4 Å². The number of hydrogen-bond acceptors (Lipinski definition) is 6. The average Bonchev–Trinajstić information content (AvgIpc) is 3.57. The van der Waals surface area contributed by atoms with Gasteiger partial charge >= 0.3 is 0 Å². The van der Waals surface area contributed by atoms with E-state index >= 15 is 0 Å². The Morgan fingerprint density at radius 3 is 2.83 bits per heavy atom. The Hall–Kier alpha value is -2.69. The molecule has 0 aliphatic heterocycles. The van der Waals surface area contributed by atoms with Crippen molar-refractivity contribution in [2.75, 3.05) is 17.6 Å². The fourth-order valence-electron chi connectivity index (χ4n) is 4.67. The highest BCUT2D eigenvalue weighted by molar-refractivity contribution is 7.89. The Morgan fingerprint density at radius 1 is 1.17 bits per heavy atom. The van der Waals surface area contributed by atoms with Gasteiger partial charge < -0.3 is 15.6 Å². The van der Waals surface area contributed by atoms with Crippen LogP contribution in [0.25, 0.3) is 22.2 Å². The summed E-state index contributed by atoms with van der Waals surface area (Å²) in [4.78, 5) is 23.7. The summed E-state index contributed by atoms with van der Waals surface area (Å²) in [6, 6.07) is 7.58. The minimum absolute atomic E-state index is 0.0422. The molecule has 3 heterocycles. The molecule has 0 aromatic carbocycles. The summed E-state index contributed by atoms with van der Waals surface area (Å²) in [7, 11) is -3.48. The second-order valence-corrected chi connectivity index (χ2v) is 11.6. The maximum Gasteiger partial charge on any atom is 0.223 e. The van der Waals surface area contributed by atoms with E-state index < -0.39 is 10.0 Å². The summed E-state index contributed by atoms with van der Waals surface area (Å²) < 4.78 is 27.9. The van der Waals surface area contributed by atoms with E-state index in [2.05, 4.69) is 30.3 Å². The number of pyridine rings is 2. The van der Waals surface area contributed by atoms with Gasteiger partial charge in [-0.05, 0) is 68.4 Å². The van der Waals surface area contributed by atoms with Crippen molar-refractivity contribution in [3.05, 3.63) is 41.8 Å². The van der Waals surface area contributed by atoms with Crippen LogP contribution in [-0.2, 0) is 14.8 Å². The molecular formula is C24H29ClN6O3S. The molecule has 9 nitrogen and oxygen atoms in total. The lowest BCUT2D eigenvalue weighted by atomic mass is 9.91. The zero-order valence-corrected chi connectivity index (χ0v) is 20.8. The molecule has 3 aromatic heterocycles. The maximum absolute atomic E-state index is 12.5. The molecular weight excluding hydrogens is 488 g/mol. The van der Waals surface area contributed by atoms with Crippen LogP contribution in [-0.4, -0.2) is 53.7 Å². The summed E-state index contributed by atoms with van der Waals surface area (Å²) >= 11 is 6.35. The number of anilines is 1. The summed E-state index contributed by atoms with van der Waals surface area (Å²) in [6.07, 6.45) is 8.68. The molecule has 35 heavy (non-hydrogen) atoms. The van der Waals surface area contributed by atoms with E-state index in [1.165, 1.54) is 0 Å². The number of rotatable bonds is 9. The van der Waals surface area contributed by atoms with E-state index in [0.717, 1.165) is 54.3 Å². The highest BCUT2D eigenvalue weighted by Gasteiger charge is 2.30. The van der Waals surface area contributed by atoms with Gasteiger partial charge in [0.2, 0.25) is 15.9 Å². The predicted molar refractivity (Wildman–Crippen MR) is 137 cm³/mol. The monoisotopic (exact) mass is 516 g/mol. The zero-order chi connectivity index (χ0) is 24.4. The molecule has 5 rings (SSSR count).